The lowest BCUT2D eigenvalue weighted by molar-refractivity contribution is 0.397. The number of aromatic nitrogens is 3. The number of hydrogen-bond acceptors (Lipinski definition) is 4. The third-order valence-electron chi connectivity index (χ3n) is 3.71. The monoisotopic (exact) mass is 472 g/mol. The van der Waals surface area contributed by atoms with Gasteiger partial charge in [-0.05, 0) is 38.8 Å². The molecule has 144 valence electrons. The average molecular weight is 472 g/mol. The number of pyridine rings is 1. The molecule has 2 heterocycles. The Morgan fingerprint density at radius 3 is 2.65 bits per heavy atom. The number of methoxy groups -OCH3 is 1. The number of hydrogen-bond donors (Lipinski definition) is 2. The summed E-state index contributed by atoms with van der Waals surface area (Å²) >= 11 is 0. The number of ether oxygens (including phenoxy) is 1. The van der Waals surface area contributed by atoms with E-state index in [-0.39, 0.29) is 24.0 Å². The Bertz CT molecular complexity index is 683. The van der Waals surface area contributed by atoms with Crippen LogP contribution in [-0.2, 0) is 13.1 Å². The van der Waals surface area contributed by atoms with E-state index in [1.165, 1.54) is 5.69 Å². The minimum absolute atomic E-state index is 0. The van der Waals surface area contributed by atoms with E-state index in [0.717, 1.165) is 43.3 Å². The number of halogens is 1. The normalized spacial score (nSPS) is 11.0. The minimum atomic E-state index is 0. The van der Waals surface area contributed by atoms with E-state index in [2.05, 4.69) is 45.6 Å². The maximum Gasteiger partial charge on any atom is 0.212 e. The Labute approximate surface area is 172 Å². The topological polar surface area (TPSA) is 76.4 Å². The van der Waals surface area contributed by atoms with Gasteiger partial charge in [-0.25, -0.2) is 9.98 Å². The summed E-state index contributed by atoms with van der Waals surface area (Å²) in [7, 11) is 1.61. The highest BCUT2D eigenvalue weighted by Crippen LogP contribution is 2.07. The SMILES string of the molecule is CCNC(=NCc1ccc(OC)nc1)NCCCn1nc(C)cc1C.I. The fourth-order valence-electron chi connectivity index (χ4n) is 2.47. The summed E-state index contributed by atoms with van der Waals surface area (Å²) < 4.78 is 7.11. The van der Waals surface area contributed by atoms with Crippen molar-refractivity contribution in [3.8, 4) is 5.88 Å². The fourth-order valence-corrected chi connectivity index (χ4v) is 2.47. The Morgan fingerprint density at radius 2 is 2.08 bits per heavy atom. The van der Waals surface area contributed by atoms with Gasteiger partial charge in [0.2, 0.25) is 5.88 Å². The quantitative estimate of drug-likeness (QED) is 0.268. The summed E-state index contributed by atoms with van der Waals surface area (Å²) in [6.45, 7) is 9.29. The van der Waals surface area contributed by atoms with Crippen LogP contribution in [0.25, 0.3) is 0 Å². The van der Waals surface area contributed by atoms with Crippen LogP contribution in [0.15, 0.2) is 29.4 Å². The number of aryl methyl sites for hydroxylation is 3. The van der Waals surface area contributed by atoms with Crippen molar-refractivity contribution in [3.63, 3.8) is 0 Å². The van der Waals surface area contributed by atoms with Gasteiger partial charge in [0.25, 0.3) is 0 Å². The first-order chi connectivity index (χ1) is 12.1. The third-order valence-corrected chi connectivity index (χ3v) is 3.71. The molecule has 0 aliphatic carbocycles. The minimum Gasteiger partial charge on any atom is -0.481 e. The molecule has 0 aliphatic rings. The largest absolute Gasteiger partial charge is 0.481 e. The zero-order valence-corrected chi connectivity index (χ0v) is 18.3. The summed E-state index contributed by atoms with van der Waals surface area (Å²) in [5, 5.41) is 11.1. The summed E-state index contributed by atoms with van der Waals surface area (Å²) in [6, 6.07) is 5.92. The highest BCUT2D eigenvalue weighted by molar-refractivity contribution is 14.0. The third kappa shape index (κ3) is 7.19. The zero-order chi connectivity index (χ0) is 18.1. The molecule has 0 unspecified atom stereocenters. The number of guanidine groups is 1. The molecule has 0 spiro atoms. The van der Waals surface area contributed by atoms with Crippen LogP contribution >= 0.6 is 24.0 Å². The van der Waals surface area contributed by atoms with Gasteiger partial charge in [-0.1, -0.05) is 6.07 Å². The molecule has 8 heteroatoms. The van der Waals surface area contributed by atoms with E-state index in [0.29, 0.717) is 12.4 Å². The molecule has 2 rings (SSSR count). The molecule has 0 fully saturated rings. The van der Waals surface area contributed by atoms with E-state index in [9.17, 15) is 0 Å². The van der Waals surface area contributed by atoms with Gasteiger partial charge in [-0.3, -0.25) is 4.68 Å². The number of nitrogens with zero attached hydrogens (tertiary/aromatic N) is 4. The molecule has 0 radical (unpaired) electrons. The Balaban J connectivity index is 0.00000338. The van der Waals surface area contributed by atoms with Crippen LogP contribution in [0.4, 0.5) is 0 Å². The molecule has 0 amide bonds. The summed E-state index contributed by atoms with van der Waals surface area (Å²) in [4.78, 5) is 8.79. The summed E-state index contributed by atoms with van der Waals surface area (Å²) in [5.74, 6) is 1.42. The molecule has 0 aliphatic heterocycles. The molecule has 0 atom stereocenters. The Kier molecular flexibility index (Phi) is 10.0. The molecule has 2 aromatic rings. The van der Waals surface area contributed by atoms with Crippen LogP contribution in [-0.4, -0.2) is 40.9 Å². The average Bonchev–Trinajstić information content (AvgIpc) is 2.94. The van der Waals surface area contributed by atoms with E-state index in [1.807, 2.05) is 23.7 Å². The van der Waals surface area contributed by atoms with Gasteiger partial charge in [0.1, 0.15) is 0 Å². The zero-order valence-electron chi connectivity index (χ0n) is 16.0. The van der Waals surface area contributed by atoms with Gasteiger partial charge >= 0.3 is 0 Å². The first kappa shape index (κ1) is 22.2. The molecule has 7 nitrogen and oxygen atoms in total. The molecule has 0 bridgehead atoms. The second-order valence-electron chi connectivity index (χ2n) is 5.83. The van der Waals surface area contributed by atoms with Crippen molar-refractivity contribution in [1.29, 1.82) is 0 Å². The predicted octanol–water partition coefficient (Wildman–Crippen LogP) is 2.67. The lowest BCUT2D eigenvalue weighted by atomic mass is 10.3. The number of aliphatic imine (C=N–C) groups is 1. The molecule has 2 N–H and O–H groups in total. The second-order valence-corrected chi connectivity index (χ2v) is 5.83. The van der Waals surface area contributed by atoms with Crippen molar-refractivity contribution in [1.82, 2.24) is 25.4 Å². The van der Waals surface area contributed by atoms with Gasteiger partial charge in [0, 0.05) is 37.6 Å². The fraction of sp³-hybridized carbons (Fsp3) is 0.500. The van der Waals surface area contributed by atoms with Crippen molar-refractivity contribution in [3.05, 3.63) is 41.3 Å². The van der Waals surface area contributed by atoms with Crippen molar-refractivity contribution in [2.75, 3.05) is 20.2 Å². The van der Waals surface area contributed by atoms with Crippen LogP contribution < -0.4 is 15.4 Å². The molecule has 2 aromatic heterocycles. The smallest absolute Gasteiger partial charge is 0.212 e. The van der Waals surface area contributed by atoms with E-state index in [1.54, 1.807) is 13.3 Å². The molecule has 0 aromatic carbocycles. The van der Waals surface area contributed by atoms with E-state index >= 15 is 0 Å². The molecule has 26 heavy (non-hydrogen) atoms. The summed E-state index contributed by atoms with van der Waals surface area (Å²) in [6.07, 6.45) is 2.77. The van der Waals surface area contributed by atoms with Crippen molar-refractivity contribution in [2.45, 2.75) is 40.3 Å². The first-order valence-corrected chi connectivity index (χ1v) is 8.64. The van der Waals surface area contributed by atoms with Gasteiger partial charge in [0.05, 0.1) is 19.3 Å². The van der Waals surface area contributed by atoms with Crippen LogP contribution in [0.2, 0.25) is 0 Å². The number of nitrogens with one attached hydrogen (secondary N) is 2. The maximum atomic E-state index is 5.07. The van der Waals surface area contributed by atoms with Crippen molar-refractivity contribution >= 4 is 29.9 Å². The molecule has 0 saturated heterocycles. The second kappa shape index (κ2) is 11.7. The van der Waals surface area contributed by atoms with Crippen molar-refractivity contribution < 1.29 is 4.74 Å². The predicted molar refractivity (Wildman–Crippen MR) is 115 cm³/mol. The highest BCUT2D eigenvalue weighted by atomic mass is 127. The van der Waals surface area contributed by atoms with Crippen LogP contribution in [0.5, 0.6) is 5.88 Å². The lowest BCUT2D eigenvalue weighted by Gasteiger charge is -2.11. The Morgan fingerprint density at radius 1 is 1.27 bits per heavy atom. The van der Waals surface area contributed by atoms with Crippen LogP contribution in [0, 0.1) is 13.8 Å². The van der Waals surface area contributed by atoms with Crippen molar-refractivity contribution in [2.24, 2.45) is 4.99 Å². The summed E-state index contributed by atoms with van der Waals surface area (Å²) in [5.41, 5.74) is 3.30. The van der Waals surface area contributed by atoms with E-state index < -0.39 is 0 Å². The van der Waals surface area contributed by atoms with Gasteiger partial charge in [-0.15, -0.1) is 24.0 Å². The van der Waals surface area contributed by atoms with Crippen LogP contribution in [0.3, 0.4) is 0 Å². The number of rotatable bonds is 8. The van der Waals surface area contributed by atoms with Gasteiger partial charge in [-0.2, -0.15) is 5.10 Å². The molecular weight excluding hydrogens is 443 g/mol. The van der Waals surface area contributed by atoms with Gasteiger partial charge in [0.15, 0.2) is 5.96 Å². The highest BCUT2D eigenvalue weighted by Gasteiger charge is 2.02. The molecule has 0 saturated carbocycles. The van der Waals surface area contributed by atoms with Gasteiger partial charge < -0.3 is 15.4 Å². The maximum absolute atomic E-state index is 5.07. The first-order valence-electron chi connectivity index (χ1n) is 8.64. The van der Waals surface area contributed by atoms with E-state index in [4.69, 9.17) is 4.74 Å². The van der Waals surface area contributed by atoms with Crippen LogP contribution in [0.1, 0.15) is 30.3 Å². The Hall–Kier alpha value is -1.84. The molecular formula is C18H29IN6O. The standard InChI is InChI=1S/C18H28N6O.HI/c1-5-19-18(22-13-16-7-8-17(25-4)21-12-16)20-9-6-10-24-15(3)11-14(2)23-24;/h7-8,11-12H,5-6,9-10,13H2,1-4H3,(H2,19,20,22);1H. The lowest BCUT2D eigenvalue weighted by Crippen LogP contribution is -2.38.